The Balaban J connectivity index is 1.41. The van der Waals surface area contributed by atoms with Gasteiger partial charge in [-0.2, -0.15) is 5.10 Å². The Morgan fingerprint density at radius 1 is 1.42 bits per heavy atom. The van der Waals surface area contributed by atoms with Gasteiger partial charge in [-0.05, 0) is 55.8 Å². The first kappa shape index (κ1) is 15.8. The smallest absolute Gasteiger partial charge is 0.239 e. The Kier molecular flexibility index (Phi) is 4.41. The van der Waals surface area contributed by atoms with Gasteiger partial charge in [0.15, 0.2) is 0 Å². The summed E-state index contributed by atoms with van der Waals surface area (Å²) in [7, 11) is 0. The molecule has 128 valence electrons. The van der Waals surface area contributed by atoms with Crippen molar-refractivity contribution in [2.24, 2.45) is 0 Å². The summed E-state index contributed by atoms with van der Waals surface area (Å²) >= 11 is 1.82. The first-order valence-corrected chi connectivity index (χ1v) is 9.67. The van der Waals surface area contributed by atoms with Crippen LogP contribution in [0, 0.1) is 0 Å². The Morgan fingerprint density at radius 2 is 2.33 bits per heavy atom. The summed E-state index contributed by atoms with van der Waals surface area (Å²) < 4.78 is 0. The third-order valence-corrected chi connectivity index (χ3v) is 6.46. The topological polar surface area (TPSA) is 52.2 Å². The summed E-state index contributed by atoms with van der Waals surface area (Å²) in [6.45, 7) is 5.65. The fourth-order valence-corrected chi connectivity index (χ4v) is 4.85. The van der Waals surface area contributed by atoms with Crippen molar-refractivity contribution in [2.75, 3.05) is 19.6 Å². The molecule has 1 saturated heterocycles. The van der Waals surface area contributed by atoms with E-state index >= 15 is 0 Å². The first-order valence-electron chi connectivity index (χ1n) is 8.79. The molecule has 1 amide bonds. The molecule has 0 bridgehead atoms. The zero-order valence-corrected chi connectivity index (χ0v) is 14.9. The highest BCUT2D eigenvalue weighted by atomic mass is 32.1. The molecule has 2 unspecified atom stereocenters. The molecule has 0 aromatic carbocycles. The molecule has 1 N–H and O–H groups in total. The van der Waals surface area contributed by atoms with E-state index in [9.17, 15) is 4.79 Å². The molecule has 0 radical (unpaired) electrons. The normalized spacial score (nSPS) is 23.0. The third-order valence-electron chi connectivity index (χ3n) is 5.44. The van der Waals surface area contributed by atoms with Gasteiger partial charge in [0.2, 0.25) is 5.91 Å². The number of rotatable bonds is 3. The molecule has 2 aliphatic heterocycles. The average molecular weight is 344 g/mol. The fourth-order valence-electron chi connectivity index (χ4n) is 3.96. The minimum absolute atomic E-state index is 0.0455. The second kappa shape index (κ2) is 6.69. The number of amides is 1. The summed E-state index contributed by atoms with van der Waals surface area (Å²) in [4.78, 5) is 18.8. The van der Waals surface area contributed by atoms with Crippen LogP contribution in [0.3, 0.4) is 0 Å². The minimum atomic E-state index is -0.0455. The van der Waals surface area contributed by atoms with Crippen molar-refractivity contribution in [1.82, 2.24) is 20.0 Å². The summed E-state index contributed by atoms with van der Waals surface area (Å²) in [5, 5.41) is 9.31. The number of hydrogen-bond acceptors (Lipinski definition) is 4. The standard InChI is InChI=1S/C18H24N4OS/c1-13(18(23)22-9-5-17-15(12-22)6-10-24-17)21-8-2-3-14(11-21)16-4-7-19-20-16/h4,6-7,10,13-14H,2-3,5,8-9,11-12H2,1H3,(H,19,20). The fraction of sp³-hybridized carbons (Fsp3) is 0.556. The highest BCUT2D eigenvalue weighted by Gasteiger charge is 2.32. The van der Waals surface area contributed by atoms with Gasteiger partial charge in [0, 0.05) is 42.3 Å². The molecule has 0 aliphatic carbocycles. The van der Waals surface area contributed by atoms with Crippen LogP contribution < -0.4 is 0 Å². The van der Waals surface area contributed by atoms with Gasteiger partial charge < -0.3 is 4.90 Å². The Labute approximate surface area is 146 Å². The lowest BCUT2D eigenvalue weighted by Gasteiger charge is -2.38. The Bertz CT molecular complexity index is 696. The highest BCUT2D eigenvalue weighted by molar-refractivity contribution is 7.10. The molecule has 6 heteroatoms. The maximum absolute atomic E-state index is 13.0. The van der Waals surface area contributed by atoms with Crippen LogP contribution in [0.5, 0.6) is 0 Å². The van der Waals surface area contributed by atoms with Gasteiger partial charge in [-0.15, -0.1) is 11.3 Å². The molecular weight excluding hydrogens is 320 g/mol. The van der Waals surface area contributed by atoms with E-state index in [0.717, 1.165) is 39.0 Å². The van der Waals surface area contributed by atoms with Crippen LogP contribution in [0.15, 0.2) is 23.7 Å². The number of nitrogens with zero attached hydrogens (tertiary/aromatic N) is 3. The number of piperidine rings is 1. The number of thiophene rings is 1. The van der Waals surface area contributed by atoms with Crippen molar-refractivity contribution in [3.05, 3.63) is 39.8 Å². The highest BCUT2D eigenvalue weighted by Crippen LogP contribution is 2.28. The lowest BCUT2D eigenvalue weighted by atomic mass is 9.93. The molecule has 4 heterocycles. The molecule has 2 aliphatic rings. The van der Waals surface area contributed by atoms with Crippen molar-refractivity contribution in [2.45, 2.75) is 44.7 Å². The van der Waals surface area contributed by atoms with E-state index in [1.165, 1.54) is 22.6 Å². The second-order valence-corrected chi connectivity index (χ2v) is 7.90. The number of carbonyl (C=O) groups is 1. The number of aromatic amines is 1. The number of hydrogen-bond donors (Lipinski definition) is 1. The van der Waals surface area contributed by atoms with E-state index in [4.69, 9.17) is 0 Å². The predicted molar refractivity (Wildman–Crippen MR) is 95.0 cm³/mol. The van der Waals surface area contributed by atoms with Crippen LogP contribution in [-0.2, 0) is 17.8 Å². The average Bonchev–Trinajstić information content (AvgIpc) is 3.31. The molecule has 24 heavy (non-hydrogen) atoms. The summed E-state index contributed by atoms with van der Waals surface area (Å²) in [6, 6.07) is 4.18. The number of carbonyl (C=O) groups excluding carboxylic acids is 1. The maximum atomic E-state index is 13.0. The molecular formula is C18H24N4OS. The van der Waals surface area contributed by atoms with Gasteiger partial charge in [0.25, 0.3) is 0 Å². The van der Waals surface area contributed by atoms with Crippen LogP contribution in [0.1, 0.15) is 41.8 Å². The van der Waals surface area contributed by atoms with E-state index < -0.39 is 0 Å². The van der Waals surface area contributed by atoms with Crippen molar-refractivity contribution < 1.29 is 4.79 Å². The summed E-state index contributed by atoms with van der Waals surface area (Å²) in [6.07, 6.45) is 5.12. The number of likely N-dealkylation sites (tertiary alicyclic amines) is 1. The third kappa shape index (κ3) is 3.00. The van der Waals surface area contributed by atoms with Gasteiger partial charge in [-0.1, -0.05) is 0 Å². The number of aromatic nitrogens is 2. The lowest BCUT2D eigenvalue weighted by molar-refractivity contribution is -0.137. The predicted octanol–water partition coefficient (Wildman–Crippen LogP) is 2.62. The van der Waals surface area contributed by atoms with E-state index in [2.05, 4.69) is 39.5 Å². The van der Waals surface area contributed by atoms with Crippen LogP contribution in [0.4, 0.5) is 0 Å². The maximum Gasteiger partial charge on any atom is 0.239 e. The van der Waals surface area contributed by atoms with E-state index in [0.29, 0.717) is 5.92 Å². The van der Waals surface area contributed by atoms with Crippen molar-refractivity contribution >= 4 is 17.2 Å². The van der Waals surface area contributed by atoms with E-state index in [-0.39, 0.29) is 11.9 Å². The van der Waals surface area contributed by atoms with Gasteiger partial charge in [0.05, 0.1) is 6.04 Å². The van der Waals surface area contributed by atoms with Gasteiger partial charge >= 0.3 is 0 Å². The molecule has 2 atom stereocenters. The van der Waals surface area contributed by atoms with E-state index in [1.807, 2.05) is 22.4 Å². The van der Waals surface area contributed by atoms with Gasteiger partial charge in [-0.25, -0.2) is 0 Å². The Morgan fingerprint density at radius 3 is 3.17 bits per heavy atom. The molecule has 1 fully saturated rings. The summed E-state index contributed by atoms with van der Waals surface area (Å²) in [5.41, 5.74) is 2.53. The van der Waals surface area contributed by atoms with Crippen molar-refractivity contribution in [1.29, 1.82) is 0 Å². The largest absolute Gasteiger partial charge is 0.337 e. The zero-order chi connectivity index (χ0) is 16.5. The zero-order valence-electron chi connectivity index (χ0n) is 14.1. The number of H-pyrrole nitrogens is 1. The lowest BCUT2D eigenvalue weighted by Crippen LogP contribution is -2.50. The molecule has 2 aromatic rings. The molecule has 0 saturated carbocycles. The minimum Gasteiger partial charge on any atom is -0.337 e. The number of nitrogens with one attached hydrogen (secondary N) is 1. The molecule has 5 nitrogen and oxygen atoms in total. The van der Waals surface area contributed by atoms with Crippen molar-refractivity contribution in [3.63, 3.8) is 0 Å². The van der Waals surface area contributed by atoms with Crippen LogP contribution in [-0.4, -0.2) is 51.6 Å². The van der Waals surface area contributed by atoms with Crippen LogP contribution in [0.25, 0.3) is 0 Å². The van der Waals surface area contributed by atoms with Crippen molar-refractivity contribution in [3.8, 4) is 0 Å². The van der Waals surface area contributed by atoms with Crippen LogP contribution in [0.2, 0.25) is 0 Å². The van der Waals surface area contributed by atoms with Gasteiger partial charge in [0.1, 0.15) is 0 Å². The second-order valence-electron chi connectivity index (χ2n) is 6.90. The molecule has 4 rings (SSSR count). The van der Waals surface area contributed by atoms with E-state index in [1.54, 1.807) is 0 Å². The van der Waals surface area contributed by atoms with Crippen LogP contribution >= 0.6 is 11.3 Å². The SMILES string of the molecule is CC(C(=O)N1CCc2sccc2C1)N1CCCC(c2ccn[nH]2)C1. The number of fused-ring (bicyclic) bond motifs is 1. The first-order chi connectivity index (χ1) is 11.7. The monoisotopic (exact) mass is 344 g/mol. The molecule has 0 spiro atoms. The molecule has 2 aromatic heterocycles. The Hall–Kier alpha value is -1.66. The van der Waals surface area contributed by atoms with Gasteiger partial charge in [-0.3, -0.25) is 14.8 Å². The summed E-state index contributed by atoms with van der Waals surface area (Å²) in [5.74, 6) is 0.735. The quantitative estimate of drug-likeness (QED) is 0.931.